The Balaban J connectivity index is 1.09. The molecule has 0 bridgehead atoms. The lowest BCUT2D eigenvalue weighted by Gasteiger charge is -2.03. The first-order chi connectivity index (χ1) is 18.1. The molecule has 3 aromatic heterocycles. The van der Waals surface area contributed by atoms with Gasteiger partial charge in [-0.1, -0.05) is 35.9 Å². The molecule has 5 aromatic rings. The Morgan fingerprint density at radius 3 is 2.78 bits per heavy atom. The van der Waals surface area contributed by atoms with Crippen LogP contribution in [0.3, 0.4) is 0 Å². The molecule has 10 heteroatoms. The van der Waals surface area contributed by atoms with Crippen LogP contribution in [0.2, 0.25) is 5.02 Å². The Morgan fingerprint density at radius 2 is 1.92 bits per heavy atom. The van der Waals surface area contributed by atoms with Gasteiger partial charge >= 0.3 is 0 Å². The Labute approximate surface area is 217 Å². The zero-order valence-electron chi connectivity index (χ0n) is 19.8. The number of pyridine rings is 1. The Kier molecular flexibility index (Phi) is 7.53. The molecular formula is C27H24ClFN6O2. The molecule has 37 heavy (non-hydrogen) atoms. The van der Waals surface area contributed by atoms with Gasteiger partial charge in [0.1, 0.15) is 17.9 Å². The third kappa shape index (κ3) is 6.02. The van der Waals surface area contributed by atoms with Gasteiger partial charge < -0.3 is 20.0 Å². The summed E-state index contributed by atoms with van der Waals surface area (Å²) in [7, 11) is 0. The summed E-state index contributed by atoms with van der Waals surface area (Å²) in [5.41, 5.74) is 4.25. The van der Waals surface area contributed by atoms with Crippen LogP contribution in [0.4, 0.5) is 4.39 Å². The number of aromatic nitrogens is 4. The van der Waals surface area contributed by atoms with Crippen LogP contribution in [0.1, 0.15) is 27.9 Å². The molecule has 0 atom stereocenters. The molecule has 0 fully saturated rings. The second kappa shape index (κ2) is 11.3. The predicted molar refractivity (Wildman–Crippen MR) is 139 cm³/mol. The number of nitrogens with one attached hydrogen (secondary N) is 3. The lowest BCUT2D eigenvalue weighted by molar-refractivity contribution is 0.0945. The van der Waals surface area contributed by atoms with Crippen molar-refractivity contribution in [3.63, 3.8) is 0 Å². The lowest BCUT2D eigenvalue weighted by atomic mass is 10.0. The third-order valence-corrected chi connectivity index (χ3v) is 6.02. The Hall–Kier alpha value is -4.08. The van der Waals surface area contributed by atoms with Gasteiger partial charge in [0.2, 0.25) is 0 Å². The van der Waals surface area contributed by atoms with Crippen LogP contribution >= 0.6 is 11.6 Å². The average Bonchev–Trinajstić information content (AvgIpc) is 3.55. The van der Waals surface area contributed by atoms with Gasteiger partial charge in [-0.3, -0.25) is 9.78 Å². The van der Waals surface area contributed by atoms with E-state index in [0.717, 1.165) is 28.0 Å². The fourth-order valence-electron chi connectivity index (χ4n) is 3.95. The highest BCUT2D eigenvalue weighted by Crippen LogP contribution is 2.29. The van der Waals surface area contributed by atoms with Crippen molar-refractivity contribution in [3.05, 3.63) is 101 Å². The Morgan fingerprint density at radius 1 is 1.05 bits per heavy atom. The minimum absolute atomic E-state index is 0.0301. The quantitative estimate of drug-likeness (QED) is 0.231. The van der Waals surface area contributed by atoms with E-state index >= 15 is 0 Å². The zero-order chi connectivity index (χ0) is 25.6. The van der Waals surface area contributed by atoms with E-state index in [0.29, 0.717) is 36.8 Å². The molecular weight excluding hydrogens is 495 g/mol. The fourth-order valence-corrected chi connectivity index (χ4v) is 4.14. The highest BCUT2D eigenvalue weighted by atomic mass is 35.5. The molecule has 0 saturated carbocycles. The van der Waals surface area contributed by atoms with Crippen LogP contribution in [0.15, 0.2) is 71.5 Å². The van der Waals surface area contributed by atoms with Crippen molar-refractivity contribution in [2.24, 2.45) is 0 Å². The van der Waals surface area contributed by atoms with Gasteiger partial charge in [-0.05, 0) is 35.9 Å². The van der Waals surface area contributed by atoms with E-state index in [4.69, 9.17) is 21.0 Å². The standard InChI is InChI=1S/C27H24ClFN6O2/c28-18-5-1-4-17(14-18)19-6-2-8-21-26(19)35-24(33-21)9-12-30-13-10-25-34-23(16-37-25)27(36)32-15-22-20(29)7-3-11-31-22/h1-8,11,14,16,30H,9-10,12-13,15H2,(H,32,36)(H,33,35). The first-order valence-electron chi connectivity index (χ1n) is 11.8. The molecule has 1 amide bonds. The summed E-state index contributed by atoms with van der Waals surface area (Å²) in [6, 6.07) is 16.6. The smallest absolute Gasteiger partial charge is 0.273 e. The summed E-state index contributed by atoms with van der Waals surface area (Å²) in [6.45, 7) is 1.29. The van der Waals surface area contributed by atoms with Gasteiger partial charge in [-0.2, -0.15) is 0 Å². The van der Waals surface area contributed by atoms with Crippen LogP contribution in [0.5, 0.6) is 0 Å². The van der Waals surface area contributed by atoms with Crippen molar-refractivity contribution >= 4 is 28.5 Å². The number of carbonyl (C=O) groups excluding carboxylic acids is 1. The van der Waals surface area contributed by atoms with Crippen molar-refractivity contribution < 1.29 is 13.6 Å². The van der Waals surface area contributed by atoms with Gasteiger partial charge in [-0.25, -0.2) is 14.4 Å². The number of carbonyl (C=O) groups is 1. The topological polar surface area (TPSA) is 109 Å². The third-order valence-electron chi connectivity index (χ3n) is 5.79. The molecule has 0 aliphatic rings. The molecule has 8 nitrogen and oxygen atoms in total. The second-order valence-electron chi connectivity index (χ2n) is 8.39. The monoisotopic (exact) mass is 518 g/mol. The van der Waals surface area contributed by atoms with E-state index in [-0.39, 0.29) is 17.9 Å². The molecule has 2 aromatic carbocycles. The SMILES string of the molecule is O=C(NCc1ncccc1F)c1coc(CCNCCc2nc3c(-c4cccc(Cl)c4)cccc3[nH]2)n1. The largest absolute Gasteiger partial charge is 0.448 e. The number of amides is 1. The normalized spacial score (nSPS) is 11.2. The second-order valence-corrected chi connectivity index (χ2v) is 8.82. The molecule has 5 rings (SSSR count). The maximum atomic E-state index is 13.6. The molecule has 0 aliphatic heterocycles. The predicted octanol–water partition coefficient (Wildman–Crippen LogP) is 4.71. The van der Waals surface area contributed by atoms with Crippen LogP contribution in [-0.2, 0) is 19.4 Å². The van der Waals surface area contributed by atoms with Crippen LogP contribution in [-0.4, -0.2) is 38.9 Å². The molecule has 3 heterocycles. The van der Waals surface area contributed by atoms with E-state index in [9.17, 15) is 9.18 Å². The molecule has 188 valence electrons. The molecule has 0 saturated heterocycles. The highest BCUT2D eigenvalue weighted by molar-refractivity contribution is 6.30. The first-order valence-corrected chi connectivity index (χ1v) is 12.2. The van der Waals surface area contributed by atoms with Crippen molar-refractivity contribution in [1.29, 1.82) is 0 Å². The molecule has 0 unspecified atom stereocenters. The van der Waals surface area contributed by atoms with Crippen molar-refractivity contribution in [3.8, 4) is 11.1 Å². The molecule has 3 N–H and O–H groups in total. The number of halogens is 2. The summed E-state index contributed by atoms with van der Waals surface area (Å²) >= 11 is 6.17. The molecule has 0 aliphatic carbocycles. The number of hydrogen-bond donors (Lipinski definition) is 3. The van der Waals surface area contributed by atoms with Crippen molar-refractivity contribution in [2.45, 2.75) is 19.4 Å². The summed E-state index contributed by atoms with van der Waals surface area (Å²) in [5.74, 6) is 0.405. The summed E-state index contributed by atoms with van der Waals surface area (Å²) in [5, 5.41) is 6.63. The van der Waals surface area contributed by atoms with Gasteiger partial charge in [0, 0.05) is 42.7 Å². The van der Waals surface area contributed by atoms with Crippen LogP contribution < -0.4 is 10.6 Å². The number of nitrogens with zero attached hydrogens (tertiary/aromatic N) is 3. The minimum atomic E-state index is -0.473. The minimum Gasteiger partial charge on any atom is -0.448 e. The number of para-hydroxylation sites is 1. The van der Waals surface area contributed by atoms with E-state index < -0.39 is 11.7 Å². The molecule has 0 radical (unpaired) electrons. The number of aromatic amines is 1. The number of rotatable bonds is 10. The first kappa shape index (κ1) is 24.6. The number of oxazole rings is 1. The molecule has 0 spiro atoms. The maximum Gasteiger partial charge on any atom is 0.273 e. The van der Waals surface area contributed by atoms with Crippen molar-refractivity contribution in [2.75, 3.05) is 13.1 Å². The zero-order valence-corrected chi connectivity index (χ0v) is 20.6. The van der Waals surface area contributed by atoms with E-state index in [1.54, 1.807) is 0 Å². The van der Waals surface area contributed by atoms with Gasteiger partial charge in [0.05, 0.1) is 23.3 Å². The number of benzene rings is 2. The number of hydrogen-bond acceptors (Lipinski definition) is 6. The van der Waals surface area contributed by atoms with Gasteiger partial charge in [-0.15, -0.1) is 0 Å². The fraction of sp³-hybridized carbons (Fsp3) is 0.185. The van der Waals surface area contributed by atoms with E-state index in [2.05, 4.69) is 25.6 Å². The highest BCUT2D eigenvalue weighted by Gasteiger charge is 2.13. The number of H-pyrrole nitrogens is 1. The number of imidazole rings is 1. The Bertz CT molecular complexity index is 1530. The maximum absolute atomic E-state index is 13.6. The summed E-state index contributed by atoms with van der Waals surface area (Å²) in [4.78, 5) is 28.6. The average molecular weight is 519 g/mol. The van der Waals surface area contributed by atoms with E-state index in [1.165, 1.54) is 24.6 Å². The van der Waals surface area contributed by atoms with E-state index in [1.807, 2.05) is 42.5 Å². The number of fused-ring (bicyclic) bond motifs is 1. The van der Waals surface area contributed by atoms with Gasteiger partial charge in [0.15, 0.2) is 11.6 Å². The van der Waals surface area contributed by atoms with Gasteiger partial charge in [0.25, 0.3) is 5.91 Å². The van der Waals surface area contributed by atoms with Crippen LogP contribution in [0.25, 0.3) is 22.2 Å². The van der Waals surface area contributed by atoms with Crippen LogP contribution in [0, 0.1) is 5.82 Å². The summed E-state index contributed by atoms with van der Waals surface area (Å²) in [6.07, 6.45) is 4.00. The summed E-state index contributed by atoms with van der Waals surface area (Å²) < 4.78 is 19.0. The lowest BCUT2D eigenvalue weighted by Crippen LogP contribution is -2.24. The van der Waals surface area contributed by atoms with Crippen molar-refractivity contribution in [1.82, 2.24) is 30.6 Å².